The molecule has 19 heavy (non-hydrogen) atoms. The van der Waals surface area contributed by atoms with Crippen molar-refractivity contribution in [1.82, 2.24) is 14.5 Å². The van der Waals surface area contributed by atoms with E-state index in [0.717, 1.165) is 35.5 Å². The number of aryl methyl sites for hydroxylation is 2. The van der Waals surface area contributed by atoms with Gasteiger partial charge in [0.05, 0.1) is 28.8 Å². The van der Waals surface area contributed by atoms with Crippen LogP contribution in [0.15, 0.2) is 29.1 Å². The lowest BCUT2D eigenvalue weighted by atomic mass is 10.2. The highest BCUT2D eigenvalue weighted by atomic mass is 35.5. The molecule has 2 heterocycles. The second-order valence-electron chi connectivity index (χ2n) is 4.48. The summed E-state index contributed by atoms with van der Waals surface area (Å²) in [6.07, 6.45) is 0.778. The topological polar surface area (TPSA) is 30.7 Å². The highest BCUT2D eigenvalue weighted by Crippen LogP contribution is 2.21. The molecule has 0 amide bonds. The van der Waals surface area contributed by atoms with Crippen molar-refractivity contribution in [2.75, 3.05) is 5.88 Å². The van der Waals surface area contributed by atoms with Crippen LogP contribution >= 0.6 is 22.9 Å². The fourth-order valence-electron chi connectivity index (χ4n) is 2.26. The zero-order valence-corrected chi connectivity index (χ0v) is 12.2. The van der Waals surface area contributed by atoms with E-state index in [1.807, 2.05) is 5.51 Å². The summed E-state index contributed by atoms with van der Waals surface area (Å²) in [5.74, 6) is 1.62. The van der Waals surface area contributed by atoms with Crippen LogP contribution in [0.25, 0.3) is 11.0 Å². The van der Waals surface area contributed by atoms with Gasteiger partial charge in [-0.3, -0.25) is 0 Å². The molecule has 0 radical (unpaired) electrons. The molecule has 0 atom stereocenters. The van der Waals surface area contributed by atoms with E-state index in [4.69, 9.17) is 16.6 Å². The lowest BCUT2D eigenvalue weighted by Crippen LogP contribution is -2.06. The third kappa shape index (κ3) is 2.38. The highest BCUT2D eigenvalue weighted by Gasteiger charge is 2.12. The van der Waals surface area contributed by atoms with Gasteiger partial charge in [0.1, 0.15) is 5.82 Å². The maximum Gasteiger partial charge on any atom is 0.111 e. The summed E-state index contributed by atoms with van der Waals surface area (Å²) in [6.45, 7) is 2.85. The molecule has 0 fully saturated rings. The molecule has 0 aliphatic rings. The molecule has 5 heteroatoms. The van der Waals surface area contributed by atoms with Gasteiger partial charge in [-0.15, -0.1) is 22.9 Å². The number of aromatic nitrogens is 3. The minimum Gasteiger partial charge on any atom is -0.322 e. The summed E-state index contributed by atoms with van der Waals surface area (Å²) in [7, 11) is 0. The van der Waals surface area contributed by atoms with E-state index in [1.54, 1.807) is 11.3 Å². The zero-order valence-electron chi connectivity index (χ0n) is 10.6. The van der Waals surface area contributed by atoms with Gasteiger partial charge in [0, 0.05) is 17.7 Å². The first-order valence-electron chi connectivity index (χ1n) is 6.17. The number of imidazole rings is 1. The van der Waals surface area contributed by atoms with Gasteiger partial charge < -0.3 is 4.57 Å². The number of nitrogens with zero attached hydrogens (tertiary/aromatic N) is 3. The van der Waals surface area contributed by atoms with E-state index in [0.29, 0.717) is 5.88 Å². The number of para-hydroxylation sites is 1. The van der Waals surface area contributed by atoms with E-state index >= 15 is 0 Å². The smallest absolute Gasteiger partial charge is 0.111 e. The second-order valence-corrected chi connectivity index (χ2v) is 5.57. The Bertz CT molecular complexity index is 688. The Kier molecular flexibility index (Phi) is 3.53. The van der Waals surface area contributed by atoms with Gasteiger partial charge >= 0.3 is 0 Å². The molecule has 98 valence electrons. The molecule has 0 unspecified atom stereocenters. The third-order valence-electron chi connectivity index (χ3n) is 3.18. The van der Waals surface area contributed by atoms with Crippen molar-refractivity contribution in [2.45, 2.75) is 19.9 Å². The van der Waals surface area contributed by atoms with E-state index in [-0.39, 0.29) is 0 Å². The van der Waals surface area contributed by atoms with Gasteiger partial charge in [-0.05, 0) is 18.6 Å². The van der Waals surface area contributed by atoms with Crippen molar-refractivity contribution in [3.8, 4) is 0 Å². The first kappa shape index (κ1) is 12.6. The van der Waals surface area contributed by atoms with Crippen LogP contribution in [0.2, 0.25) is 0 Å². The van der Waals surface area contributed by atoms with Gasteiger partial charge in [-0.2, -0.15) is 0 Å². The normalized spacial score (nSPS) is 11.3. The molecule has 0 aliphatic carbocycles. The summed E-state index contributed by atoms with van der Waals surface area (Å²) < 4.78 is 2.22. The van der Waals surface area contributed by atoms with Crippen LogP contribution in [0.3, 0.4) is 0 Å². The summed E-state index contributed by atoms with van der Waals surface area (Å²) >= 11 is 7.51. The molecule has 0 spiro atoms. The molecule has 0 aliphatic heterocycles. The highest BCUT2D eigenvalue weighted by molar-refractivity contribution is 7.07. The zero-order chi connectivity index (χ0) is 13.2. The largest absolute Gasteiger partial charge is 0.322 e. The van der Waals surface area contributed by atoms with Crippen molar-refractivity contribution in [3.05, 3.63) is 46.2 Å². The summed E-state index contributed by atoms with van der Waals surface area (Å²) in [5.41, 5.74) is 6.36. The molecule has 1 aromatic carbocycles. The van der Waals surface area contributed by atoms with Gasteiger partial charge in [0.25, 0.3) is 0 Å². The number of fused-ring (bicyclic) bond motifs is 1. The maximum atomic E-state index is 5.89. The molecular formula is C14H14ClN3S. The van der Waals surface area contributed by atoms with Gasteiger partial charge in [-0.1, -0.05) is 12.1 Å². The summed E-state index contributed by atoms with van der Waals surface area (Å²) in [4.78, 5) is 9.10. The minimum absolute atomic E-state index is 0.583. The number of halogens is 1. The fraction of sp³-hybridized carbons (Fsp3) is 0.286. The van der Waals surface area contributed by atoms with Gasteiger partial charge in [0.15, 0.2) is 0 Å². The molecule has 0 saturated carbocycles. The Balaban J connectivity index is 2.13. The van der Waals surface area contributed by atoms with Crippen molar-refractivity contribution in [1.29, 1.82) is 0 Å². The number of thiazole rings is 1. The maximum absolute atomic E-state index is 5.89. The Morgan fingerprint density at radius 1 is 1.37 bits per heavy atom. The first-order valence-corrected chi connectivity index (χ1v) is 7.65. The average Bonchev–Trinajstić information content (AvgIpc) is 3.01. The van der Waals surface area contributed by atoms with Crippen LogP contribution in [0, 0.1) is 6.92 Å². The number of benzene rings is 1. The molecule has 0 bridgehead atoms. The van der Waals surface area contributed by atoms with E-state index in [2.05, 4.69) is 40.1 Å². The van der Waals surface area contributed by atoms with E-state index < -0.39 is 0 Å². The van der Waals surface area contributed by atoms with E-state index in [9.17, 15) is 0 Å². The van der Waals surface area contributed by atoms with Crippen LogP contribution in [-0.2, 0) is 13.0 Å². The van der Waals surface area contributed by atoms with Crippen LogP contribution in [0.1, 0.15) is 17.1 Å². The summed E-state index contributed by atoms with van der Waals surface area (Å²) in [5, 5.41) is 2.08. The number of rotatable bonds is 4. The SMILES string of the molecule is Cc1cccc2c1nc(CCCl)n2Cc1cscn1. The standard InChI is InChI=1S/C14H14ClN3S/c1-10-3-2-4-12-14(10)17-13(5-6-15)18(12)7-11-8-19-9-16-11/h2-4,8-9H,5-7H2,1H3. The third-order valence-corrected chi connectivity index (χ3v) is 4.01. The molecule has 0 saturated heterocycles. The Morgan fingerprint density at radius 2 is 2.26 bits per heavy atom. The van der Waals surface area contributed by atoms with Crippen molar-refractivity contribution < 1.29 is 0 Å². The second kappa shape index (κ2) is 5.31. The predicted molar refractivity (Wildman–Crippen MR) is 80.1 cm³/mol. The Morgan fingerprint density at radius 3 is 3.00 bits per heavy atom. The van der Waals surface area contributed by atoms with Crippen molar-refractivity contribution in [3.63, 3.8) is 0 Å². The fourth-order valence-corrected chi connectivity index (χ4v) is 2.98. The van der Waals surface area contributed by atoms with Crippen LogP contribution in [-0.4, -0.2) is 20.4 Å². The minimum atomic E-state index is 0.583. The van der Waals surface area contributed by atoms with Crippen molar-refractivity contribution >= 4 is 34.0 Å². The summed E-state index contributed by atoms with van der Waals surface area (Å²) in [6, 6.07) is 6.27. The van der Waals surface area contributed by atoms with Crippen LogP contribution in [0.4, 0.5) is 0 Å². The van der Waals surface area contributed by atoms with E-state index in [1.165, 1.54) is 5.56 Å². The number of hydrogen-bond acceptors (Lipinski definition) is 3. The molecule has 3 rings (SSSR count). The van der Waals surface area contributed by atoms with Gasteiger partial charge in [0.2, 0.25) is 0 Å². The molecular weight excluding hydrogens is 278 g/mol. The van der Waals surface area contributed by atoms with Crippen LogP contribution < -0.4 is 0 Å². The van der Waals surface area contributed by atoms with Gasteiger partial charge in [-0.25, -0.2) is 9.97 Å². The molecule has 2 aromatic heterocycles. The lowest BCUT2D eigenvalue weighted by Gasteiger charge is -2.06. The van der Waals surface area contributed by atoms with Crippen molar-refractivity contribution in [2.24, 2.45) is 0 Å². The molecule has 3 nitrogen and oxygen atoms in total. The van der Waals surface area contributed by atoms with Crippen LogP contribution in [0.5, 0.6) is 0 Å². The Hall–Kier alpha value is -1.39. The monoisotopic (exact) mass is 291 g/mol. The Labute approximate surface area is 120 Å². The number of hydrogen-bond donors (Lipinski definition) is 0. The number of alkyl halides is 1. The molecule has 0 N–H and O–H groups in total. The lowest BCUT2D eigenvalue weighted by molar-refractivity contribution is 0.741. The predicted octanol–water partition coefficient (Wildman–Crippen LogP) is 3.63. The average molecular weight is 292 g/mol. The quantitative estimate of drug-likeness (QED) is 0.687. The first-order chi connectivity index (χ1) is 9.29. The molecule has 3 aromatic rings.